The lowest BCUT2D eigenvalue weighted by Crippen LogP contribution is -2.24. The SMILES string of the molecule is C=C(CCC)C1=C(C)C=C2CC(=Cc3ccc(C(C)(C)C)cc3)C(=C)C2C1C1=CC=CC1. The average molecular weight is 423 g/mol. The van der Waals surface area contributed by atoms with Crippen molar-refractivity contribution in [2.75, 3.05) is 0 Å². The molecule has 32 heavy (non-hydrogen) atoms. The fourth-order valence-electron chi connectivity index (χ4n) is 5.64. The second-order valence-corrected chi connectivity index (χ2v) is 10.7. The van der Waals surface area contributed by atoms with Gasteiger partial charge in [-0.05, 0) is 65.0 Å². The van der Waals surface area contributed by atoms with Gasteiger partial charge in [0.25, 0.3) is 0 Å². The number of hydrogen-bond acceptors (Lipinski definition) is 0. The third-order valence-corrected chi connectivity index (χ3v) is 7.30. The summed E-state index contributed by atoms with van der Waals surface area (Å²) in [6.07, 6.45) is 15.9. The Labute approximate surface area is 195 Å². The van der Waals surface area contributed by atoms with E-state index in [4.69, 9.17) is 0 Å². The molecule has 0 aromatic heterocycles. The van der Waals surface area contributed by atoms with Crippen molar-refractivity contribution in [2.24, 2.45) is 11.8 Å². The molecule has 3 aliphatic carbocycles. The van der Waals surface area contributed by atoms with Crippen molar-refractivity contribution in [3.05, 3.63) is 112 Å². The quantitative estimate of drug-likeness (QED) is 0.444. The van der Waals surface area contributed by atoms with Crippen LogP contribution < -0.4 is 0 Å². The fourth-order valence-corrected chi connectivity index (χ4v) is 5.64. The Morgan fingerprint density at radius 1 is 1.09 bits per heavy atom. The van der Waals surface area contributed by atoms with Gasteiger partial charge in [0.05, 0.1) is 0 Å². The highest BCUT2D eigenvalue weighted by molar-refractivity contribution is 5.67. The Bertz CT molecular complexity index is 1080. The summed E-state index contributed by atoms with van der Waals surface area (Å²) in [5.41, 5.74) is 12.7. The summed E-state index contributed by atoms with van der Waals surface area (Å²) in [6, 6.07) is 9.06. The normalized spacial score (nSPS) is 24.2. The molecular weight excluding hydrogens is 384 g/mol. The molecule has 2 unspecified atom stereocenters. The Morgan fingerprint density at radius 2 is 1.81 bits per heavy atom. The van der Waals surface area contributed by atoms with Crippen LogP contribution in [-0.2, 0) is 5.41 Å². The van der Waals surface area contributed by atoms with Gasteiger partial charge < -0.3 is 0 Å². The number of allylic oxidation sites excluding steroid dienone is 11. The van der Waals surface area contributed by atoms with Gasteiger partial charge in [0.2, 0.25) is 0 Å². The predicted molar refractivity (Wildman–Crippen MR) is 141 cm³/mol. The van der Waals surface area contributed by atoms with Crippen LogP contribution in [0.15, 0.2) is 101 Å². The van der Waals surface area contributed by atoms with Crippen molar-refractivity contribution in [3.8, 4) is 0 Å². The molecular formula is C32H38. The van der Waals surface area contributed by atoms with Crippen molar-refractivity contribution in [3.63, 3.8) is 0 Å². The van der Waals surface area contributed by atoms with Crippen LogP contribution >= 0.6 is 0 Å². The third-order valence-electron chi connectivity index (χ3n) is 7.30. The summed E-state index contributed by atoms with van der Waals surface area (Å²) in [6.45, 7) is 20.5. The van der Waals surface area contributed by atoms with E-state index in [1.54, 1.807) is 0 Å². The Morgan fingerprint density at radius 3 is 2.41 bits per heavy atom. The summed E-state index contributed by atoms with van der Waals surface area (Å²) in [5.74, 6) is 0.749. The predicted octanol–water partition coefficient (Wildman–Crippen LogP) is 9.06. The molecule has 0 saturated heterocycles. The molecule has 1 saturated carbocycles. The maximum Gasteiger partial charge on any atom is 0.0166 e. The summed E-state index contributed by atoms with van der Waals surface area (Å²) >= 11 is 0. The van der Waals surface area contributed by atoms with Gasteiger partial charge in [-0.15, -0.1) is 0 Å². The van der Waals surface area contributed by atoms with Crippen LogP contribution in [0.25, 0.3) is 6.08 Å². The van der Waals surface area contributed by atoms with E-state index in [0.29, 0.717) is 11.8 Å². The fraction of sp³-hybridized carbons (Fsp3) is 0.375. The zero-order chi connectivity index (χ0) is 23.0. The van der Waals surface area contributed by atoms with Gasteiger partial charge >= 0.3 is 0 Å². The van der Waals surface area contributed by atoms with Gasteiger partial charge in [-0.2, -0.15) is 0 Å². The molecule has 0 spiro atoms. The number of fused-ring (bicyclic) bond motifs is 1. The molecule has 1 fully saturated rings. The van der Waals surface area contributed by atoms with Crippen molar-refractivity contribution in [1.29, 1.82) is 0 Å². The first kappa shape index (κ1) is 22.6. The topological polar surface area (TPSA) is 0 Å². The number of rotatable bonds is 5. The smallest absolute Gasteiger partial charge is 0.0166 e. The minimum Gasteiger partial charge on any atom is -0.0955 e. The lowest BCUT2D eigenvalue weighted by atomic mass is 9.68. The highest BCUT2D eigenvalue weighted by atomic mass is 14.4. The van der Waals surface area contributed by atoms with E-state index >= 15 is 0 Å². The van der Waals surface area contributed by atoms with Crippen LogP contribution in [0.3, 0.4) is 0 Å². The summed E-state index contributed by atoms with van der Waals surface area (Å²) in [5, 5.41) is 0. The molecule has 2 atom stereocenters. The number of benzene rings is 1. The number of hydrogen-bond donors (Lipinski definition) is 0. The largest absolute Gasteiger partial charge is 0.0955 e. The summed E-state index contributed by atoms with van der Waals surface area (Å²) < 4.78 is 0. The molecule has 0 radical (unpaired) electrons. The van der Waals surface area contributed by atoms with Gasteiger partial charge in [-0.1, -0.05) is 119 Å². The van der Waals surface area contributed by atoms with Crippen LogP contribution in [-0.4, -0.2) is 0 Å². The van der Waals surface area contributed by atoms with E-state index in [1.807, 2.05) is 0 Å². The lowest BCUT2D eigenvalue weighted by Gasteiger charge is -2.35. The molecule has 0 nitrogen and oxygen atoms in total. The third kappa shape index (κ3) is 4.20. The van der Waals surface area contributed by atoms with E-state index in [2.05, 4.69) is 102 Å². The second-order valence-electron chi connectivity index (χ2n) is 10.7. The molecule has 1 aromatic carbocycles. The van der Waals surface area contributed by atoms with Crippen LogP contribution in [0.1, 0.15) is 71.4 Å². The van der Waals surface area contributed by atoms with Crippen molar-refractivity contribution in [1.82, 2.24) is 0 Å². The van der Waals surface area contributed by atoms with E-state index < -0.39 is 0 Å². The zero-order valence-electron chi connectivity index (χ0n) is 20.6. The highest BCUT2D eigenvalue weighted by Crippen LogP contribution is 2.54. The van der Waals surface area contributed by atoms with Gasteiger partial charge in [0.15, 0.2) is 0 Å². The molecule has 1 aromatic rings. The van der Waals surface area contributed by atoms with Crippen molar-refractivity contribution < 1.29 is 0 Å². The van der Waals surface area contributed by atoms with Crippen LogP contribution in [0.4, 0.5) is 0 Å². The first-order valence-corrected chi connectivity index (χ1v) is 12.2. The zero-order valence-corrected chi connectivity index (χ0v) is 20.6. The van der Waals surface area contributed by atoms with Crippen LogP contribution in [0, 0.1) is 11.8 Å². The van der Waals surface area contributed by atoms with Crippen LogP contribution in [0.2, 0.25) is 0 Å². The monoisotopic (exact) mass is 422 g/mol. The van der Waals surface area contributed by atoms with Crippen molar-refractivity contribution >= 4 is 6.08 Å². The molecule has 0 N–H and O–H groups in total. The molecule has 0 heterocycles. The summed E-state index contributed by atoms with van der Waals surface area (Å²) in [7, 11) is 0. The Kier molecular flexibility index (Phi) is 6.17. The molecule has 0 heteroatoms. The Hall–Kier alpha value is -2.60. The molecule has 166 valence electrons. The van der Waals surface area contributed by atoms with Gasteiger partial charge in [0.1, 0.15) is 0 Å². The molecule has 0 aliphatic heterocycles. The minimum atomic E-state index is 0.180. The molecule has 0 amide bonds. The minimum absolute atomic E-state index is 0.180. The van der Waals surface area contributed by atoms with Crippen molar-refractivity contribution in [2.45, 2.75) is 65.7 Å². The first-order valence-electron chi connectivity index (χ1n) is 12.2. The van der Waals surface area contributed by atoms with E-state index in [0.717, 1.165) is 25.7 Å². The van der Waals surface area contributed by atoms with Gasteiger partial charge in [-0.3, -0.25) is 0 Å². The second kappa shape index (κ2) is 8.74. The Balaban J connectivity index is 1.69. The van der Waals surface area contributed by atoms with E-state index in [-0.39, 0.29) is 5.41 Å². The maximum absolute atomic E-state index is 4.65. The molecule has 0 bridgehead atoms. The molecule has 4 rings (SSSR count). The molecule has 3 aliphatic rings. The van der Waals surface area contributed by atoms with Gasteiger partial charge in [-0.25, -0.2) is 0 Å². The van der Waals surface area contributed by atoms with E-state index in [1.165, 1.54) is 50.1 Å². The lowest BCUT2D eigenvalue weighted by molar-refractivity contribution is 0.555. The van der Waals surface area contributed by atoms with Crippen LogP contribution in [0.5, 0.6) is 0 Å². The average Bonchev–Trinajstić information content (AvgIpc) is 3.36. The van der Waals surface area contributed by atoms with E-state index in [9.17, 15) is 0 Å². The van der Waals surface area contributed by atoms with Gasteiger partial charge in [0, 0.05) is 11.8 Å². The maximum atomic E-state index is 4.65. The summed E-state index contributed by atoms with van der Waals surface area (Å²) in [4.78, 5) is 0. The highest BCUT2D eigenvalue weighted by Gasteiger charge is 2.41. The standard InChI is InChI=1S/C32H38/c1-8-11-21(2)29-22(3)18-27-20-26(19-24-14-16-28(17-15-24)32(5,6)7)23(4)30(27)31(29)25-12-9-10-13-25/h9-10,12,14-19,30-31H,2,4,8,11,13,20H2,1,3,5-7H3. The first-order chi connectivity index (χ1) is 15.2.